The topological polar surface area (TPSA) is 62.1 Å². The Morgan fingerprint density at radius 1 is 1.47 bits per heavy atom. The van der Waals surface area contributed by atoms with Crippen LogP contribution in [0.1, 0.15) is 38.5 Å². The third-order valence-corrected chi connectivity index (χ3v) is 3.54. The minimum Gasteiger partial charge on any atom is -0.411 e. The maximum atomic E-state index is 11.9. The number of likely N-dealkylation sites (tertiary alicyclic amines) is 1. The van der Waals surface area contributed by atoms with Crippen LogP contribution in [0, 0.1) is 0 Å². The summed E-state index contributed by atoms with van der Waals surface area (Å²) < 4.78 is 5.50. The van der Waals surface area contributed by atoms with Crippen molar-refractivity contribution in [2.24, 2.45) is 5.16 Å². The van der Waals surface area contributed by atoms with Crippen LogP contribution in [0.5, 0.6) is 0 Å². The van der Waals surface area contributed by atoms with Crippen LogP contribution < -0.4 is 0 Å². The van der Waals surface area contributed by atoms with Crippen LogP contribution in [0.25, 0.3) is 0 Å². The van der Waals surface area contributed by atoms with E-state index in [-0.39, 0.29) is 5.91 Å². The van der Waals surface area contributed by atoms with E-state index in [1.807, 2.05) is 4.90 Å². The van der Waals surface area contributed by atoms with E-state index in [4.69, 9.17) is 9.94 Å². The Labute approximate surface area is 101 Å². The number of rotatable bonds is 3. The Balaban J connectivity index is 1.69. The fourth-order valence-electron chi connectivity index (χ4n) is 2.43. The molecule has 5 heteroatoms. The first-order chi connectivity index (χ1) is 8.29. The van der Waals surface area contributed by atoms with Crippen LogP contribution in [-0.4, -0.2) is 47.5 Å². The van der Waals surface area contributed by atoms with E-state index in [9.17, 15) is 4.79 Å². The van der Waals surface area contributed by atoms with Gasteiger partial charge in [-0.25, -0.2) is 0 Å². The van der Waals surface area contributed by atoms with Gasteiger partial charge < -0.3 is 14.8 Å². The van der Waals surface area contributed by atoms with E-state index < -0.39 is 0 Å². The summed E-state index contributed by atoms with van der Waals surface area (Å²) in [6.07, 6.45) is 5.32. The number of carbonyl (C=O) groups excluding carboxylic acids is 1. The molecule has 0 bridgehead atoms. The number of oxime groups is 1. The molecule has 0 radical (unpaired) electrons. The molecule has 2 saturated heterocycles. The van der Waals surface area contributed by atoms with Gasteiger partial charge in [-0.1, -0.05) is 5.16 Å². The normalized spacial score (nSPS) is 25.1. The lowest BCUT2D eigenvalue weighted by atomic mass is 10.1. The van der Waals surface area contributed by atoms with Crippen molar-refractivity contribution < 1.29 is 14.7 Å². The highest BCUT2D eigenvalue weighted by molar-refractivity contribution is 5.87. The molecule has 2 fully saturated rings. The van der Waals surface area contributed by atoms with Crippen molar-refractivity contribution >= 4 is 11.6 Å². The Hall–Kier alpha value is -1.10. The second-order valence-corrected chi connectivity index (χ2v) is 4.72. The van der Waals surface area contributed by atoms with Crippen molar-refractivity contribution in [2.45, 2.75) is 44.6 Å². The summed E-state index contributed by atoms with van der Waals surface area (Å²) >= 11 is 0. The molecule has 1 amide bonds. The van der Waals surface area contributed by atoms with Gasteiger partial charge in [-0.3, -0.25) is 4.79 Å². The highest BCUT2D eigenvalue weighted by Crippen LogP contribution is 2.18. The molecule has 0 aromatic heterocycles. The van der Waals surface area contributed by atoms with Crippen LogP contribution in [0.3, 0.4) is 0 Å². The molecule has 0 aromatic carbocycles. The van der Waals surface area contributed by atoms with E-state index in [1.165, 1.54) is 0 Å². The van der Waals surface area contributed by atoms with Gasteiger partial charge in [-0.2, -0.15) is 0 Å². The third kappa shape index (κ3) is 3.43. The standard InChI is InChI=1S/C12H20N2O3/c15-12(4-3-11-2-1-9-17-11)14-7-5-10(13-16)6-8-14/h11,16H,1-9H2. The van der Waals surface area contributed by atoms with Crippen LogP contribution in [0.4, 0.5) is 0 Å². The van der Waals surface area contributed by atoms with E-state index >= 15 is 0 Å². The summed E-state index contributed by atoms with van der Waals surface area (Å²) in [5, 5.41) is 11.8. The SMILES string of the molecule is O=C(CCC1CCCO1)N1CCC(=NO)CC1. The third-order valence-electron chi connectivity index (χ3n) is 3.54. The van der Waals surface area contributed by atoms with Gasteiger partial charge in [0.05, 0.1) is 11.8 Å². The minimum atomic E-state index is 0.206. The number of piperidine rings is 1. The zero-order valence-electron chi connectivity index (χ0n) is 10.1. The molecule has 0 aliphatic carbocycles. The van der Waals surface area contributed by atoms with Crippen molar-refractivity contribution in [3.8, 4) is 0 Å². The lowest BCUT2D eigenvalue weighted by Gasteiger charge is -2.27. The van der Waals surface area contributed by atoms with Gasteiger partial charge in [-0.15, -0.1) is 0 Å². The maximum absolute atomic E-state index is 11.9. The molecule has 17 heavy (non-hydrogen) atoms. The van der Waals surface area contributed by atoms with Gasteiger partial charge in [-0.05, 0) is 19.3 Å². The Bertz CT molecular complexity index is 288. The average molecular weight is 240 g/mol. The second kappa shape index (κ2) is 6.00. The lowest BCUT2D eigenvalue weighted by molar-refractivity contribution is -0.132. The van der Waals surface area contributed by atoms with Crippen molar-refractivity contribution in [1.29, 1.82) is 0 Å². The molecule has 2 aliphatic rings. The van der Waals surface area contributed by atoms with Crippen molar-refractivity contribution in [3.63, 3.8) is 0 Å². The molecular formula is C12H20N2O3. The van der Waals surface area contributed by atoms with Gasteiger partial charge in [0.15, 0.2) is 0 Å². The predicted molar refractivity (Wildman–Crippen MR) is 63.2 cm³/mol. The highest BCUT2D eigenvalue weighted by Gasteiger charge is 2.22. The van der Waals surface area contributed by atoms with Crippen molar-refractivity contribution in [1.82, 2.24) is 4.90 Å². The number of amides is 1. The maximum Gasteiger partial charge on any atom is 0.222 e. The molecule has 2 heterocycles. The Morgan fingerprint density at radius 3 is 2.82 bits per heavy atom. The predicted octanol–water partition coefficient (Wildman–Crippen LogP) is 1.40. The monoisotopic (exact) mass is 240 g/mol. The van der Waals surface area contributed by atoms with E-state index in [1.54, 1.807) is 0 Å². The van der Waals surface area contributed by atoms with E-state index in [0.717, 1.165) is 31.6 Å². The summed E-state index contributed by atoms with van der Waals surface area (Å²) in [5.74, 6) is 0.206. The number of hydrogen-bond donors (Lipinski definition) is 1. The fourth-order valence-corrected chi connectivity index (χ4v) is 2.43. The molecule has 1 unspecified atom stereocenters. The summed E-state index contributed by atoms with van der Waals surface area (Å²) in [7, 11) is 0. The first kappa shape index (κ1) is 12.4. The second-order valence-electron chi connectivity index (χ2n) is 4.72. The first-order valence-electron chi connectivity index (χ1n) is 6.39. The van der Waals surface area contributed by atoms with E-state index in [0.29, 0.717) is 38.5 Å². The van der Waals surface area contributed by atoms with Crippen LogP contribution in [0.15, 0.2) is 5.16 Å². The van der Waals surface area contributed by atoms with Crippen LogP contribution >= 0.6 is 0 Å². The van der Waals surface area contributed by atoms with Gasteiger partial charge >= 0.3 is 0 Å². The first-order valence-corrected chi connectivity index (χ1v) is 6.39. The summed E-state index contributed by atoms with van der Waals surface area (Å²) in [4.78, 5) is 13.8. The van der Waals surface area contributed by atoms with Gasteiger partial charge in [0, 0.05) is 39.0 Å². The minimum absolute atomic E-state index is 0.206. The number of nitrogens with zero attached hydrogens (tertiary/aromatic N) is 2. The summed E-state index contributed by atoms with van der Waals surface area (Å²) in [6.45, 7) is 2.21. The Kier molecular flexibility index (Phi) is 4.36. The van der Waals surface area contributed by atoms with Crippen LogP contribution in [0.2, 0.25) is 0 Å². The molecule has 1 N–H and O–H groups in total. The molecule has 0 saturated carbocycles. The average Bonchev–Trinajstić information content (AvgIpc) is 2.89. The van der Waals surface area contributed by atoms with Gasteiger partial charge in [0.2, 0.25) is 5.91 Å². The molecule has 1 atom stereocenters. The number of carbonyl (C=O) groups is 1. The molecule has 2 aliphatic heterocycles. The fraction of sp³-hybridized carbons (Fsp3) is 0.833. The van der Waals surface area contributed by atoms with Crippen molar-refractivity contribution in [2.75, 3.05) is 19.7 Å². The molecule has 0 aromatic rings. The van der Waals surface area contributed by atoms with Gasteiger partial charge in [0.25, 0.3) is 0 Å². The highest BCUT2D eigenvalue weighted by atomic mass is 16.5. The van der Waals surface area contributed by atoms with Crippen LogP contribution in [-0.2, 0) is 9.53 Å². The summed E-state index contributed by atoms with van der Waals surface area (Å²) in [5.41, 5.74) is 0.799. The summed E-state index contributed by atoms with van der Waals surface area (Å²) in [6, 6.07) is 0. The molecule has 96 valence electrons. The zero-order chi connectivity index (χ0) is 12.1. The van der Waals surface area contributed by atoms with Crippen molar-refractivity contribution in [3.05, 3.63) is 0 Å². The largest absolute Gasteiger partial charge is 0.411 e. The molecule has 5 nitrogen and oxygen atoms in total. The number of ether oxygens (including phenoxy) is 1. The lowest BCUT2D eigenvalue weighted by Crippen LogP contribution is -2.38. The smallest absolute Gasteiger partial charge is 0.222 e. The molecule has 0 spiro atoms. The number of hydrogen-bond acceptors (Lipinski definition) is 4. The Morgan fingerprint density at radius 2 is 2.24 bits per heavy atom. The van der Waals surface area contributed by atoms with Gasteiger partial charge in [0.1, 0.15) is 0 Å². The zero-order valence-corrected chi connectivity index (χ0v) is 10.1. The molecule has 2 rings (SSSR count). The molecular weight excluding hydrogens is 220 g/mol. The van der Waals surface area contributed by atoms with E-state index in [2.05, 4.69) is 5.16 Å². The quantitative estimate of drug-likeness (QED) is 0.599.